The van der Waals surface area contributed by atoms with Gasteiger partial charge in [0.15, 0.2) is 0 Å². The van der Waals surface area contributed by atoms with Crippen molar-refractivity contribution in [2.24, 2.45) is 0 Å². The lowest BCUT2D eigenvalue weighted by molar-refractivity contribution is -0.136. The molecule has 0 radical (unpaired) electrons. The topological polar surface area (TPSA) is 69.7 Å². The minimum absolute atomic E-state index is 0.107. The molecule has 1 N–H and O–H groups in total. The molecule has 3 amide bonds. The third-order valence-corrected chi connectivity index (χ3v) is 7.32. The molecule has 0 bridgehead atoms. The number of hydrogen-bond donors (Lipinski definition) is 1. The zero-order valence-electron chi connectivity index (χ0n) is 18.4. The van der Waals surface area contributed by atoms with Crippen LogP contribution in [0, 0.1) is 0 Å². The van der Waals surface area contributed by atoms with Crippen LogP contribution in [0.5, 0.6) is 0 Å². The summed E-state index contributed by atoms with van der Waals surface area (Å²) in [6.07, 6.45) is 2.83. The average molecular weight is 432 g/mol. The van der Waals surface area contributed by atoms with E-state index < -0.39 is 6.04 Å². The molecule has 6 heteroatoms. The molecule has 2 aromatic carbocycles. The van der Waals surface area contributed by atoms with Gasteiger partial charge in [-0.15, -0.1) is 0 Å². The third kappa shape index (κ3) is 3.73. The highest BCUT2D eigenvalue weighted by molar-refractivity contribution is 6.05. The highest BCUT2D eigenvalue weighted by atomic mass is 16.2. The first kappa shape index (κ1) is 20.9. The van der Waals surface area contributed by atoms with Gasteiger partial charge in [0, 0.05) is 24.6 Å². The quantitative estimate of drug-likeness (QED) is 0.754. The summed E-state index contributed by atoms with van der Waals surface area (Å²) in [6, 6.07) is 16.8. The molecule has 2 saturated heterocycles. The van der Waals surface area contributed by atoms with Crippen molar-refractivity contribution in [1.82, 2.24) is 15.1 Å². The number of benzene rings is 2. The summed E-state index contributed by atoms with van der Waals surface area (Å²) in [4.78, 5) is 41.0. The summed E-state index contributed by atoms with van der Waals surface area (Å²) in [5.74, 6) is -0.290. The van der Waals surface area contributed by atoms with Crippen molar-refractivity contribution < 1.29 is 14.4 Å². The number of amides is 3. The largest absolute Gasteiger partial charge is 0.322 e. The summed E-state index contributed by atoms with van der Waals surface area (Å²) in [5.41, 5.74) is 4.31. The van der Waals surface area contributed by atoms with Crippen LogP contribution in [0.3, 0.4) is 0 Å². The minimum Gasteiger partial charge on any atom is -0.322 e. The number of nitrogens with zero attached hydrogens (tertiary/aromatic N) is 2. The molecule has 0 aliphatic carbocycles. The maximum atomic E-state index is 13.0. The van der Waals surface area contributed by atoms with Gasteiger partial charge in [0.25, 0.3) is 5.91 Å². The fourth-order valence-corrected chi connectivity index (χ4v) is 5.57. The first-order valence-electron chi connectivity index (χ1n) is 11.6. The molecule has 166 valence electrons. The summed E-state index contributed by atoms with van der Waals surface area (Å²) in [6.45, 7) is 4.75. The second-order valence-corrected chi connectivity index (χ2v) is 9.09. The molecule has 32 heavy (non-hydrogen) atoms. The summed E-state index contributed by atoms with van der Waals surface area (Å²) in [5, 5.41) is 2.37. The number of nitrogens with one attached hydrogen (secondary N) is 1. The molecular weight excluding hydrogens is 402 g/mol. The molecule has 5 rings (SSSR count). The van der Waals surface area contributed by atoms with Crippen LogP contribution < -0.4 is 5.32 Å². The number of carbonyl (C=O) groups is 3. The van der Waals surface area contributed by atoms with Gasteiger partial charge in [0.2, 0.25) is 11.8 Å². The molecule has 3 unspecified atom stereocenters. The van der Waals surface area contributed by atoms with Crippen LogP contribution in [0.25, 0.3) is 0 Å². The monoisotopic (exact) mass is 431 g/mol. The standard InChI is InChI=1S/C26H29N3O3/c1-2-28-13-12-19(15-23(28)17-6-4-3-5-7-17)18-8-9-21-20(14-18)16-29(26(21)32)22-10-11-24(30)27-25(22)31/h3-9,14,19,22-23H,2,10-13,15-16H2,1H3,(H,27,30,31). The van der Waals surface area contributed by atoms with E-state index in [0.29, 0.717) is 30.5 Å². The molecule has 0 aromatic heterocycles. The van der Waals surface area contributed by atoms with Crippen molar-refractivity contribution in [3.05, 3.63) is 70.8 Å². The normalized spacial score (nSPS) is 26.2. The Labute approximate surface area is 188 Å². The smallest absolute Gasteiger partial charge is 0.255 e. The van der Waals surface area contributed by atoms with E-state index in [-0.39, 0.29) is 24.1 Å². The number of fused-ring (bicyclic) bond motifs is 1. The molecule has 6 nitrogen and oxygen atoms in total. The fourth-order valence-electron chi connectivity index (χ4n) is 5.57. The Hall–Kier alpha value is -2.99. The van der Waals surface area contributed by atoms with Crippen LogP contribution in [-0.2, 0) is 16.1 Å². The first-order chi connectivity index (χ1) is 15.5. The molecule has 3 aliphatic rings. The van der Waals surface area contributed by atoms with E-state index in [2.05, 4.69) is 59.6 Å². The number of hydrogen-bond acceptors (Lipinski definition) is 4. The van der Waals surface area contributed by atoms with E-state index in [1.807, 2.05) is 6.07 Å². The van der Waals surface area contributed by atoms with E-state index in [9.17, 15) is 14.4 Å². The highest BCUT2D eigenvalue weighted by Gasteiger charge is 2.39. The number of imide groups is 1. The predicted octanol–water partition coefficient (Wildman–Crippen LogP) is 3.39. The Morgan fingerprint density at radius 1 is 0.969 bits per heavy atom. The molecule has 2 aromatic rings. The minimum atomic E-state index is -0.564. The number of rotatable bonds is 4. The second-order valence-electron chi connectivity index (χ2n) is 9.09. The average Bonchev–Trinajstić information content (AvgIpc) is 3.14. The Balaban J connectivity index is 1.36. The highest BCUT2D eigenvalue weighted by Crippen LogP contribution is 2.40. The number of likely N-dealkylation sites (tertiary alicyclic amines) is 1. The summed E-state index contributed by atoms with van der Waals surface area (Å²) >= 11 is 0. The van der Waals surface area contributed by atoms with Crippen molar-refractivity contribution in [1.29, 1.82) is 0 Å². The van der Waals surface area contributed by atoms with E-state index in [1.54, 1.807) is 4.90 Å². The lowest BCUT2D eigenvalue weighted by Gasteiger charge is -2.39. The van der Waals surface area contributed by atoms with Crippen molar-refractivity contribution in [3.63, 3.8) is 0 Å². The predicted molar refractivity (Wildman–Crippen MR) is 121 cm³/mol. The second kappa shape index (κ2) is 8.51. The van der Waals surface area contributed by atoms with E-state index in [4.69, 9.17) is 0 Å². The Morgan fingerprint density at radius 2 is 1.78 bits per heavy atom. The van der Waals surface area contributed by atoms with Gasteiger partial charge in [-0.25, -0.2) is 0 Å². The molecule has 2 fully saturated rings. The number of piperidine rings is 2. The van der Waals surface area contributed by atoms with Gasteiger partial charge >= 0.3 is 0 Å². The number of carbonyl (C=O) groups excluding carboxylic acids is 3. The van der Waals surface area contributed by atoms with Gasteiger partial charge in [-0.2, -0.15) is 0 Å². The Kier molecular flexibility index (Phi) is 5.55. The summed E-state index contributed by atoms with van der Waals surface area (Å²) < 4.78 is 0. The zero-order valence-corrected chi connectivity index (χ0v) is 18.4. The van der Waals surface area contributed by atoms with Gasteiger partial charge < -0.3 is 4.90 Å². The van der Waals surface area contributed by atoms with Crippen LogP contribution in [0.4, 0.5) is 0 Å². The van der Waals surface area contributed by atoms with Crippen LogP contribution >= 0.6 is 0 Å². The zero-order chi connectivity index (χ0) is 22.2. The van der Waals surface area contributed by atoms with Gasteiger partial charge in [0.05, 0.1) is 0 Å². The van der Waals surface area contributed by atoms with Gasteiger partial charge in [-0.1, -0.05) is 49.4 Å². The molecule has 0 saturated carbocycles. The van der Waals surface area contributed by atoms with E-state index in [0.717, 1.165) is 31.5 Å². The van der Waals surface area contributed by atoms with Crippen LogP contribution in [0.2, 0.25) is 0 Å². The van der Waals surface area contributed by atoms with Crippen molar-refractivity contribution in [2.45, 2.75) is 57.2 Å². The lowest BCUT2D eigenvalue weighted by atomic mass is 9.82. The molecular formula is C26H29N3O3. The molecule has 3 aliphatic heterocycles. The van der Waals surface area contributed by atoms with Gasteiger partial charge in [0.1, 0.15) is 6.04 Å². The van der Waals surface area contributed by atoms with Crippen LogP contribution in [0.1, 0.15) is 71.6 Å². The SMILES string of the molecule is CCN1CCC(c2ccc3c(c2)CN(C2CCC(=O)NC2=O)C3=O)CC1c1ccccc1. The Bertz CT molecular complexity index is 1050. The Morgan fingerprint density at radius 3 is 2.53 bits per heavy atom. The fraction of sp³-hybridized carbons (Fsp3) is 0.423. The van der Waals surface area contributed by atoms with Gasteiger partial charge in [-0.3, -0.25) is 24.6 Å². The lowest BCUT2D eigenvalue weighted by Crippen LogP contribution is -2.52. The molecule has 3 heterocycles. The third-order valence-electron chi connectivity index (χ3n) is 7.32. The van der Waals surface area contributed by atoms with Crippen molar-refractivity contribution in [2.75, 3.05) is 13.1 Å². The van der Waals surface area contributed by atoms with Crippen LogP contribution in [0.15, 0.2) is 48.5 Å². The molecule has 3 atom stereocenters. The maximum absolute atomic E-state index is 13.0. The van der Waals surface area contributed by atoms with E-state index >= 15 is 0 Å². The molecule has 0 spiro atoms. The first-order valence-corrected chi connectivity index (χ1v) is 11.6. The van der Waals surface area contributed by atoms with Crippen molar-refractivity contribution >= 4 is 17.7 Å². The van der Waals surface area contributed by atoms with Crippen LogP contribution in [-0.4, -0.2) is 46.7 Å². The van der Waals surface area contributed by atoms with Crippen molar-refractivity contribution in [3.8, 4) is 0 Å². The summed E-state index contributed by atoms with van der Waals surface area (Å²) in [7, 11) is 0. The van der Waals surface area contributed by atoms with Gasteiger partial charge in [-0.05, 0) is 61.0 Å². The maximum Gasteiger partial charge on any atom is 0.255 e. The van der Waals surface area contributed by atoms with E-state index in [1.165, 1.54) is 11.1 Å².